The fraction of sp³-hybridized carbons (Fsp3) is 0.364. The highest BCUT2D eigenvalue weighted by Crippen LogP contribution is 2.39. The second kappa shape index (κ2) is 6.27. The van der Waals surface area contributed by atoms with E-state index in [1.807, 2.05) is 23.7 Å². The molecule has 0 radical (unpaired) electrons. The van der Waals surface area contributed by atoms with Crippen LogP contribution in [-0.4, -0.2) is 40.1 Å². The van der Waals surface area contributed by atoms with Crippen molar-refractivity contribution in [2.75, 3.05) is 19.8 Å². The van der Waals surface area contributed by atoms with Crippen LogP contribution in [0.25, 0.3) is 10.2 Å². The van der Waals surface area contributed by atoms with Crippen molar-refractivity contribution in [1.29, 1.82) is 0 Å². The largest absolute Gasteiger partial charge is 0.371 e. The van der Waals surface area contributed by atoms with E-state index in [0.29, 0.717) is 13.2 Å². The Labute approximate surface area is 127 Å². The van der Waals surface area contributed by atoms with Gasteiger partial charge in [0.15, 0.2) is 0 Å². The van der Waals surface area contributed by atoms with Gasteiger partial charge in [-0.1, -0.05) is 6.07 Å². The maximum atomic E-state index is 11.0. The van der Waals surface area contributed by atoms with Crippen LogP contribution in [0.4, 0.5) is 0 Å². The molecule has 2 aromatic rings. The average Bonchev–Trinajstić information content (AvgIpc) is 2.94. The van der Waals surface area contributed by atoms with Gasteiger partial charge in [0, 0.05) is 27.3 Å². The molecular weight excluding hydrogens is 318 g/mol. The lowest BCUT2D eigenvalue weighted by Crippen LogP contribution is -2.45. The average molecular weight is 329 g/mol. The second-order valence-corrected chi connectivity index (χ2v) is 7.15. The van der Waals surface area contributed by atoms with Crippen LogP contribution in [0, 0.1) is 10.1 Å². The number of aromatic nitrogens is 1. The molecule has 1 aliphatic heterocycles. The molecule has 9 heteroatoms. The minimum absolute atomic E-state index is 0.140. The zero-order valence-electron chi connectivity index (χ0n) is 10.3. The van der Waals surface area contributed by atoms with Crippen LogP contribution < -0.4 is 0 Å². The molecule has 1 aromatic heterocycles. The first-order chi connectivity index (χ1) is 9.75. The van der Waals surface area contributed by atoms with Crippen molar-refractivity contribution in [3.8, 4) is 0 Å². The number of morpholine rings is 1. The first kappa shape index (κ1) is 14.1. The van der Waals surface area contributed by atoms with Crippen molar-refractivity contribution < 1.29 is 9.66 Å². The fourth-order valence-corrected chi connectivity index (χ4v) is 5.00. The van der Waals surface area contributed by atoms with Gasteiger partial charge in [0.25, 0.3) is 0 Å². The van der Waals surface area contributed by atoms with E-state index in [-0.39, 0.29) is 11.5 Å². The summed E-state index contributed by atoms with van der Waals surface area (Å²) in [5.41, 5.74) is 2.77. The summed E-state index contributed by atoms with van der Waals surface area (Å²) in [7, 11) is 2.91. The molecule has 0 aliphatic carbocycles. The van der Waals surface area contributed by atoms with Gasteiger partial charge in [0.1, 0.15) is 6.61 Å². The molecule has 20 heavy (non-hydrogen) atoms. The van der Waals surface area contributed by atoms with E-state index < -0.39 is 6.17 Å². The van der Waals surface area contributed by atoms with Crippen molar-refractivity contribution in [3.05, 3.63) is 33.8 Å². The summed E-state index contributed by atoms with van der Waals surface area (Å²) in [5.74, 6) is 0. The molecule has 0 N–H and O–H groups in total. The quantitative estimate of drug-likeness (QED) is 0.370. The predicted molar refractivity (Wildman–Crippen MR) is 81.4 cm³/mol. The summed E-state index contributed by atoms with van der Waals surface area (Å²) < 4.78 is 8.06. The molecule has 6 nitrogen and oxygen atoms in total. The first-order valence-corrected chi connectivity index (χ1v) is 8.89. The molecule has 1 aliphatic rings. The van der Waals surface area contributed by atoms with Crippen molar-refractivity contribution in [3.63, 3.8) is 0 Å². The molecule has 2 heterocycles. The van der Waals surface area contributed by atoms with Gasteiger partial charge in [-0.05, 0) is 22.9 Å². The summed E-state index contributed by atoms with van der Waals surface area (Å²) in [6, 6.07) is 5.99. The lowest BCUT2D eigenvalue weighted by molar-refractivity contribution is -0.550. The lowest BCUT2D eigenvalue weighted by atomic mass is 10.3. The van der Waals surface area contributed by atoms with Gasteiger partial charge < -0.3 is 4.74 Å². The Bertz CT molecular complexity index is 621. The highest BCUT2D eigenvalue weighted by molar-refractivity contribution is 8.75. The molecular formula is C11H11N3O3S3. The SMILES string of the molecule is O=[N+]([O-])C1COCCN1SSc1cccc2scnc12. The van der Waals surface area contributed by atoms with Crippen molar-refractivity contribution in [2.45, 2.75) is 11.1 Å². The normalized spacial score (nSPS) is 20.3. The highest BCUT2D eigenvalue weighted by atomic mass is 33.1. The van der Waals surface area contributed by atoms with E-state index in [4.69, 9.17) is 4.74 Å². The third kappa shape index (κ3) is 2.91. The Morgan fingerprint density at radius 3 is 3.30 bits per heavy atom. The van der Waals surface area contributed by atoms with Gasteiger partial charge >= 0.3 is 6.17 Å². The van der Waals surface area contributed by atoms with Crippen LogP contribution in [0.1, 0.15) is 0 Å². The standard InChI is InChI=1S/C11H11N3O3S3/c15-14(16)10-6-17-5-4-13(10)20-19-9-3-1-2-8-11(9)12-7-18-8/h1-3,7,10H,4-6H2. The molecule has 1 unspecified atom stereocenters. The number of ether oxygens (including phenoxy) is 1. The van der Waals surface area contributed by atoms with Gasteiger partial charge in [0.2, 0.25) is 0 Å². The molecule has 3 rings (SSSR count). The molecule has 1 fully saturated rings. The second-order valence-electron chi connectivity index (χ2n) is 4.09. The molecule has 1 saturated heterocycles. The van der Waals surface area contributed by atoms with Crippen molar-refractivity contribution in [2.24, 2.45) is 0 Å². The number of nitro groups is 1. The topological polar surface area (TPSA) is 68.5 Å². The summed E-state index contributed by atoms with van der Waals surface area (Å²) in [4.78, 5) is 16.1. The third-order valence-electron chi connectivity index (χ3n) is 2.84. The smallest absolute Gasteiger partial charge is 0.301 e. The number of nitrogens with zero attached hydrogens (tertiary/aromatic N) is 3. The van der Waals surface area contributed by atoms with Crippen molar-refractivity contribution in [1.82, 2.24) is 9.29 Å². The van der Waals surface area contributed by atoms with Crippen molar-refractivity contribution >= 4 is 43.3 Å². The summed E-state index contributed by atoms with van der Waals surface area (Å²) >= 11 is 1.59. The summed E-state index contributed by atoms with van der Waals surface area (Å²) in [5, 5.41) is 11.0. The van der Waals surface area contributed by atoms with Crippen LogP contribution >= 0.6 is 33.1 Å². The van der Waals surface area contributed by atoms with Crippen LogP contribution in [0.3, 0.4) is 0 Å². The Balaban J connectivity index is 1.72. The zero-order valence-corrected chi connectivity index (χ0v) is 12.7. The third-order valence-corrected chi connectivity index (χ3v) is 6.18. The monoisotopic (exact) mass is 329 g/mol. The Morgan fingerprint density at radius 1 is 1.55 bits per heavy atom. The van der Waals surface area contributed by atoms with E-state index in [9.17, 15) is 10.1 Å². The fourth-order valence-electron chi connectivity index (χ4n) is 1.84. The van der Waals surface area contributed by atoms with Gasteiger partial charge in [-0.3, -0.25) is 10.1 Å². The number of para-hydroxylation sites is 1. The predicted octanol–water partition coefficient (Wildman–Crippen LogP) is 2.89. The van der Waals surface area contributed by atoms with Gasteiger partial charge in [-0.2, -0.15) is 4.31 Å². The molecule has 106 valence electrons. The Hall–Kier alpha value is -0.870. The zero-order chi connectivity index (χ0) is 13.9. The first-order valence-electron chi connectivity index (χ1n) is 5.90. The van der Waals surface area contributed by atoms with Gasteiger partial charge in [0.05, 0.1) is 22.3 Å². The minimum atomic E-state index is -0.782. The van der Waals surface area contributed by atoms with Gasteiger partial charge in [-0.15, -0.1) is 11.3 Å². The molecule has 1 aromatic carbocycles. The Kier molecular flexibility index (Phi) is 4.41. The number of thiazole rings is 1. The van der Waals surface area contributed by atoms with E-state index in [0.717, 1.165) is 15.1 Å². The highest BCUT2D eigenvalue weighted by Gasteiger charge is 2.33. The molecule has 0 bridgehead atoms. The Morgan fingerprint density at radius 2 is 2.45 bits per heavy atom. The van der Waals surface area contributed by atoms with Crippen LogP contribution in [0.2, 0.25) is 0 Å². The number of benzene rings is 1. The molecule has 0 amide bonds. The minimum Gasteiger partial charge on any atom is -0.371 e. The van der Waals surface area contributed by atoms with Crippen LogP contribution in [0.15, 0.2) is 28.6 Å². The molecule has 1 atom stereocenters. The van der Waals surface area contributed by atoms with Gasteiger partial charge in [-0.25, -0.2) is 4.98 Å². The number of hydrogen-bond donors (Lipinski definition) is 0. The van der Waals surface area contributed by atoms with E-state index in [2.05, 4.69) is 4.98 Å². The molecule has 0 spiro atoms. The number of hydrogen-bond acceptors (Lipinski definition) is 8. The number of rotatable bonds is 4. The summed E-state index contributed by atoms with van der Waals surface area (Å²) in [6.07, 6.45) is -0.782. The number of fused-ring (bicyclic) bond motifs is 1. The van der Waals surface area contributed by atoms with E-state index in [1.54, 1.807) is 15.6 Å². The molecule has 0 saturated carbocycles. The maximum Gasteiger partial charge on any atom is 0.301 e. The maximum absolute atomic E-state index is 11.0. The van der Waals surface area contributed by atoms with Crippen LogP contribution in [0.5, 0.6) is 0 Å². The van der Waals surface area contributed by atoms with E-state index in [1.165, 1.54) is 21.8 Å². The van der Waals surface area contributed by atoms with Crippen LogP contribution in [-0.2, 0) is 4.74 Å². The lowest BCUT2D eigenvalue weighted by Gasteiger charge is -2.27. The summed E-state index contributed by atoms with van der Waals surface area (Å²) in [6.45, 7) is 1.22. The van der Waals surface area contributed by atoms with E-state index >= 15 is 0 Å².